The summed E-state index contributed by atoms with van der Waals surface area (Å²) >= 11 is 0. The molecule has 2 unspecified atom stereocenters. The van der Waals surface area contributed by atoms with Crippen LogP contribution in [-0.4, -0.2) is 125 Å². The number of methoxy groups -OCH3 is 3. The van der Waals surface area contributed by atoms with Gasteiger partial charge in [0.05, 0.1) is 30.8 Å². The van der Waals surface area contributed by atoms with Crippen molar-refractivity contribution in [2.75, 3.05) is 41.2 Å². The van der Waals surface area contributed by atoms with Crippen LogP contribution in [0, 0.1) is 47.3 Å². The van der Waals surface area contributed by atoms with Crippen molar-refractivity contribution in [1.82, 2.24) is 4.90 Å². The second kappa shape index (κ2) is 19.5. The lowest BCUT2D eigenvalue weighted by Crippen LogP contribution is -2.59. The summed E-state index contributed by atoms with van der Waals surface area (Å²) in [6.45, 7) is 8.07. The first kappa shape index (κ1) is 46.5. The third kappa shape index (κ3) is 8.99. The van der Waals surface area contributed by atoms with Crippen LogP contribution in [0.5, 0.6) is 0 Å². The van der Waals surface area contributed by atoms with Crippen LogP contribution in [0.4, 0.5) is 5.69 Å². The molecule has 19 atom stereocenters. The molecule has 13 nitrogen and oxygen atoms in total. The predicted octanol–water partition coefficient (Wildman–Crippen LogP) is 6.41. The number of carbonyl (C=O) groups excluding carboxylic acids is 3. The molecular weight excluding hydrogens is 805 g/mol. The Labute approximate surface area is 374 Å². The molecule has 0 aromatic heterocycles. The van der Waals surface area contributed by atoms with E-state index in [4.69, 9.17) is 43.6 Å². The molecule has 1 aromatic rings. The monoisotopic (exact) mass is 877 g/mol. The van der Waals surface area contributed by atoms with Gasteiger partial charge in [-0.3, -0.25) is 14.4 Å². The van der Waals surface area contributed by atoms with Crippen molar-refractivity contribution in [2.24, 2.45) is 47.3 Å². The summed E-state index contributed by atoms with van der Waals surface area (Å²) in [6.07, 6.45) is 6.64. The van der Waals surface area contributed by atoms with Crippen molar-refractivity contribution >= 4 is 28.8 Å². The summed E-state index contributed by atoms with van der Waals surface area (Å²) in [7, 11) is 9.08. The number of Topliss-reactive ketones (excluding diaryl/α,β-unsaturated/α-hetero) is 2. The maximum absolute atomic E-state index is 15.3. The van der Waals surface area contributed by atoms with Gasteiger partial charge in [0, 0.05) is 56.4 Å². The van der Waals surface area contributed by atoms with Gasteiger partial charge >= 0.3 is 5.97 Å². The SMILES string of the molecule is CC[C@H]1CCC[C@H](O[C@H]2CC[C@H](N(C)C)[C@@H](C)O2)[C@@H](C)C(=O)C2=C[C@H]3[C@@H]4C[C@H](O[C@@H]5O[C@@H](C)[C@H](OC)[C@@H](OC)[C@H]5OC)C[C@H]4C4C=C(c5ccc(N)cc5)C(=O)C4[C@H]3[C@@H]2CC(=O)O1. The van der Waals surface area contributed by atoms with E-state index in [1.54, 1.807) is 21.3 Å². The Morgan fingerprint density at radius 1 is 0.778 bits per heavy atom. The van der Waals surface area contributed by atoms with E-state index in [9.17, 15) is 4.79 Å². The van der Waals surface area contributed by atoms with Gasteiger partial charge in [-0.15, -0.1) is 0 Å². The number of fused-ring (bicyclic) bond motifs is 8. The van der Waals surface area contributed by atoms with Crippen LogP contribution >= 0.6 is 0 Å². The van der Waals surface area contributed by atoms with Gasteiger partial charge in [0.25, 0.3) is 0 Å². The van der Waals surface area contributed by atoms with Gasteiger partial charge < -0.3 is 48.5 Å². The molecule has 7 aliphatic rings. The Morgan fingerprint density at radius 3 is 2.13 bits per heavy atom. The Balaban J connectivity index is 1.14. The number of likely N-dealkylation sites (N-methyl/N-ethyl adjacent to an activating group) is 1. The summed E-state index contributed by atoms with van der Waals surface area (Å²) in [5.74, 6) is -2.06. The van der Waals surface area contributed by atoms with E-state index in [2.05, 4.69) is 38.1 Å². The third-order valence-corrected chi connectivity index (χ3v) is 16.1. The Morgan fingerprint density at radius 2 is 1.48 bits per heavy atom. The van der Waals surface area contributed by atoms with Gasteiger partial charge in [0.1, 0.15) is 24.4 Å². The van der Waals surface area contributed by atoms with Gasteiger partial charge in [0.2, 0.25) is 0 Å². The predicted molar refractivity (Wildman–Crippen MR) is 236 cm³/mol. The highest BCUT2D eigenvalue weighted by Crippen LogP contribution is 2.64. The number of nitrogens with two attached hydrogens (primary N) is 1. The number of nitrogens with zero attached hydrogens (tertiary/aromatic N) is 1. The normalized spacial score (nSPS) is 43.2. The Hall–Kier alpha value is -3.01. The van der Waals surface area contributed by atoms with Crippen molar-refractivity contribution in [3.8, 4) is 0 Å². The average molecular weight is 877 g/mol. The molecule has 348 valence electrons. The molecule has 8 rings (SSSR count). The molecular formula is C50H72N2O11. The number of hydrogen-bond acceptors (Lipinski definition) is 13. The smallest absolute Gasteiger partial charge is 0.306 e. The van der Waals surface area contributed by atoms with Crippen LogP contribution in [-0.2, 0) is 52.3 Å². The highest BCUT2D eigenvalue weighted by atomic mass is 16.7. The van der Waals surface area contributed by atoms with Gasteiger partial charge in [-0.1, -0.05) is 38.1 Å². The van der Waals surface area contributed by atoms with E-state index < -0.39 is 42.5 Å². The number of rotatable bonds is 10. The lowest BCUT2D eigenvalue weighted by atomic mass is 9.57. The van der Waals surface area contributed by atoms with Gasteiger partial charge in [0.15, 0.2) is 24.1 Å². The number of cyclic esters (lactones) is 1. The molecule has 3 aliphatic heterocycles. The fourth-order valence-corrected chi connectivity index (χ4v) is 13.0. The van der Waals surface area contributed by atoms with Gasteiger partial charge in [-0.05, 0) is 132 Å². The summed E-state index contributed by atoms with van der Waals surface area (Å²) in [4.78, 5) is 46.6. The largest absolute Gasteiger partial charge is 0.462 e. The third-order valence-electron chi connectivity index (χ3n) is 16.1. The molecule has 2 saturated carbocycles. The van der Waals surface area contributed by atoms with Crippen LogP contribution in [0.15, 0.2) is 42.0 Å². The highest BCUT2D eigenvalue weighted by molar-refractivity contribution is 6.24. The maximum Gasteiger partial charge on any atom is 0.306 e. The van der Waals surface area contributed by atoms with Crippen molar-refractivity contribution in [2.45, 2.75) is 153 Å². The molecule has 5 fully saturated rings. The molecule has 63 heavy (non-hydrogen) atoms. The van der Waals surface area contributed by atoms with Gasteiger partial charge in [-0.25, -0.2) is 0 Å². The molecule has 2 N–H and O–H groups in total. The van der Waals surface area contributed by atoms with Crippen molar-refractivity contribution < 1.29 is 52.3 Å². The lowest BCUT2D eigenvalue weighted by molar-refractivity contribution is -0.314. The zero-order valence-corrected chi connectivity index (χ0v) is 38.8. The van der Waals surface area contributed by atoms with E-state index in [-0.39, 0.29) is 90.2 Å². The highest BCUT2D eigenvalue weighted by Gasteiger charge is 2.62. The van der Waals surface area contributed by atoms with E-state index in [1.807, 2.05) is 45.0 Å². The average Bonchev–Trinajstić information content (AvgIpc) is 3.95. The number of esters is 1. The molecule has 4 aliphatic carbocycles. The van der Waals surface area contributed by atoms with Crippen molar-refractivity contribution in [1.29, 1.82) is 0 Å². The number of ether oxygens (including phenoxy) is 8. The number of carbonyl (C=O) groups is 3. The number of nitrogen functional groups attached to an aromatic ring is 1. The zero-order chi connectivity index (χ0) is 44.9. The minimum Gasteiger partial charge on any atom is -0.462 e. The van der Waals surface area contributed by atoms with Crippen molar-refractivity contribution in [3.05, 3.63) is 47.6 Å². The molecule has 1 aromatic carbocycles. The summed E-state index contributed by atoms with van der Waals surface area (Å²) in [5.41, 5.74) is 8.86. The molecule has 0 bridgehead atoms. The molecule has 3 heterocycles. The minimum atomic E-state index is -0.702. The molecule has 3 saturated heterocycles. The van der Waals surface area contributed by atoms with E-state index >= 15 is 9.59 Å². The molecule has 0 spiro atoms. The van der Waals surface area contributed by atoms with Crippen LogP contribution < -0.4 is 5.73 Å². The summed E-state index contributed by atoms with van der Waals surface area (Å²) in [5, 5.41) is 0. The standard InChI is InChI=1S/C50H72N2O11/c1-10-30-12-11-13-40(63-42-19-18-39(52(5)6)26(3)59-42)25(2)45(54)38-23-35-33-20-31(62-50-49(58-9)48(57-8)47(56-7)27(4)60-50)21-34(33)36-22-32(28-14-16-29(51)17-15-28)46(55)44(36)43(35)37(38)24-41(53)61-30/h14-17,22-23,25-27,30-31,33-37,39-40,42-44,47-50H,10-13,18-21,24,51H2,1-9H3/t25-,26-,27+,30+,31+,33-,34-,35+,36?,37-,39+,40+,42+,43-,44?,47+,48-,49-,50+/m1/s1. The van der Waals surface area contributed by atoms with Crippen molar-refractivity contribution in [3.63, 3.8) is 0 Å². The van der Waals surface area contributed by atoms with E-state index in [0.717, 1.165) is 24.8 Å². The van der Waals surface area contributed by atoms with E-state index in [0.29, 0.717) is 55.0 Å². The lowest BCUT2D eigenvalue weighted by Gasteiger charge is -2.45. The first-order chi connectivity index (χ1) is 30.3. The number of allylic oxidation sites excluding steroid dienone is 4. The van der Waals surface area contributed by atoms with Gasteiger partial charge in [-0.2, -0.15) is 0 Å². The fraction of sp³-hybridized carbons (Fsp3) is 0.740. The Bertz CT molecular complexity index is 1870. The van der Waals surface area contributed by atoms with Crippen LogP contribution in [0.2, 0.25) is 0 Å². The van der Waals surface area contributed by atoms with Crippen LogP contribution in [0.25, 0.3) is 5.57 Å². The maximum atomic E-state index is 15.3. The Kier molecular flexibility index (Phi) is 14.4. The quantitative estimate of drug-likeness (QED) is 0.204. The molecule has 0 amide bonds. The van der Waals surface area contributed by atoms with Crippen LogP contribution in [0.3, 0.4) is 0 Å². The zero-order valence-electron chi connectivity index (χ0n) is 38.8. The number of hydrogen-bond donors (Lipinski definition) is 1. The second-order valence-electron chi connectivity index (χ2n) is 19.8. The molecule has 0 radical (unpaired) electrons. The summed E-state index contributed by atoms with van der Waals surface area (Å²) < 4.78 is 50.5. The first-order valence-electron chi connectivity index (χ1n) is 23.7. The van der Waals surface area contributed by atoms with E-state index in [1.165, 1.54) is 0 Å². The minimum absolute atomic E-state index is 0.0159. The first-order valence-corrected chi connectivity index (χ1v) is 23.7. The fourth-order valence-electron chi connectivity index (χ4n) is 13.0. The molecule has 13 heteroatoms. The second-order valence-corrected chi connectivity index (χ2v) is 19.8. The number of benzene rings is 1. The summed E-state index contributed by atoms with van der Waals surface area (Å²) in [6, 6.07) is 7.78. The topological polar surface area (TPSA) is 154 Å². The van der Waals surface area contributed by atoms with Crippen LogP contribution in [0.1, 0.15) is 91.0 Å². The number of ketones is 2. The number of anilines is 1.